The Morgan fingerprint density at radius 3 is 2.64 bits per heavy atom. The van der Waals surface area contributed by atoms with E-state index in [1.165, 1.54) is 4.90 Å². The number of nitrogens with zero attached hydrogens (tertiary/aromatic N) is 1. The van der Waals surface area contributed by atoms with Gasteiger partial charge in [0.25, 0.3) is 0 Å². The smallest absolute Gasteiger partial charge is 0.326 e. The molecule has 0 aromatic carbocycles. The van der Waals surface area contributed by atoms with Crippen molar-refractivity contribution in [3.63, 3.8) is 0 Å². The molecule has 3 amide bonds. The van der Waals surface area contributed by atoms with Crippen LogP contribution in [0.3, 0.4) is 0 Å². The van der Waals surface area contributed by atoms with Crippen molar-refractivity contribution in [1.82, 2.24) is 10.2 Å². The summed E-state index contributed by atoms with van der Waals surface area (Å²) in [6.07, 6.45) is 2.05. The lowest BCUT2D eigenvalue weighted by Gasteiger charge is -2.34. The summed E-state index contributed by atoms with van der Waals surface area (Å²) in [5.41, 5.74) is 0. The molecule has 122 valence electrons. The molecule has 22 heavy (non-hydrogen) atoms. The fraction of sp³-hybridized carbons (Fsp3) is 0.857. The van der Waals surface area contributed by atoms with E-state index in [-0.39, 0.29) is 31.6 Å². The summed E-state index contributed by atoms with van der Waals surface area (Å²) in [5.74, 6) is -0.877. The fourth-order valence-electron chi connectivity index (χ4n) is 3.87. The molecule has 3 saturated heterocycles. The Hall–Kier alpha value is -1.22. The van der Waals surface area contributed by atoms with E-state index in [2.05, 4.69) is 5.32 Å². The van der Waals surface area contributed by atoms with Crippen LogP contribution < -0.4 is 5.32 Å². The number of hydrogen-bond acceptors (Lipinski definition) is 6. The third-order valence-electron chi connectivity index (χ3n) is 4.93. The average molecular weight is 312 g/mol. The topological polar surface area (TPSA) is 97.3 Å². The van der Waals surface area contributed by atoms with Crippen LogP contribution in [0.25, 0.3) is 0 Å². The molecule has 1 spiro atoms. The molecule has 4 fully saturated rings. The maximum atomic E-state index is 12.0. The van der Waals surface area contributed by atoms with Crippen LogP contribution in [-0.4, -0.2) is 65.4 Å². The van der Waals surface area contributed by atoms with E-state index >= 15 is 0 Å². The number of imide groups is 1. The number of carbonyl (C=O) groups is 2. The number of aliphatic hydroxyl groups is 1. The zero-order valence-corrected chi connectivity index (χ0v) is 12.2. The predicted octanol–water partition coefficient (Wildman–Crippen LogP) is -0.300. The van der Waals surface area contributed by atoms with Gasteiger partial charge in [0.2, 0.25) is 5.91 Å². The first-order valence-corrected chi connectivity index (χ1v) is 7.84. The maximum Gasteiger partial charge on any atom is 0.326 e. The Morgan fingerprint density at radius 2 is 1.95 bits per heavy atom. The standard InChI is InChI=1S/C14H20N2O6/c17-7-8-10-11(22-14(21-10)4-1-2-5-14)12(20-8)16-6-3-9(18)15-13(16)19/h8,10-12,17H,1-7H2,(H,15,18,19)/t8-,10-,11-,12-/m1/s1. The van der Waals surface area contributed by atoms with E-state index in [9.17, 15) is 14.7 Å². The molecule has 4 atom stereocenters. The number of carbonyl (C=O) groups excluding carboxylic acids is 2. The second kappa shape index (κ2) is 5.16. The SMILES string of the molecule is O=C1CCN([C@@H]2O[C@H](CO)[C@H]3OC4(CCCC4)O[C@H]32)C(=O)N1. The number of nitrogens with one attached hydrogen (secondary N) is 1. The lowest BCUT2D eigenvalue weighted by Crippen LogP contribution is -2.56. The zero-order chi connectivity index (χ0) is 15.3. The highest BCUT2D eigenvalue weighted by Crippen LogP contribution is 2.47. The first-order chi connectivity index (χ1) is 10.6. The van der Waals surface area contributed by atoms with Gasteiger partial charge in [-0.3, -0.25) is 15.0 Å². The molecule has 0 unspecified atom stereocenters. The van der Waals surface area contributed by atoms with E-state index in [1.807, 2.05) is 0 Å². The van der Waals surface area contributed by atoms with Gasteiger partial charge in [-0.05, 0) is 12.8 Å². The first kappa shape index (κ1) is 14.4. The minimum Gasteiger partial charge on any atom is -0.394 e. The van der Waals surface area contributed by atoms with Crippen molar-refractivity contribution in [2.24, 2.45) is 0 Å². The van der Waals surface area contributed by atoms with Gasteiger partial charge in [0, 0.05) is 25.8 Å². The van der Waals surface area contributed by atoms with Gasteiger partial charge < -0.3 is 19.3 Å². The number of ether oxygens (including phenoxy) is 3. The summed E-state index contributed by atoms with van der Waals surface area (Å²) in [5, 5.41) is 11.8. The normalized spacial score (nSPS) is 40.3. The number of aliphatic hydroxyl groups excluding tert-OH is 1. The Bertz CT molecular complexity index is 492. The van der Waals surface area contributed by atoms with Crippen molar-refractivity contribution >= 4 is 11.9 Å². The second-order valence-electron chi connectivity index (χ2n) is 6.33. The van der Waals surface area contributed by atoms with Gasteiger partial charge in [-0.15, -0.1) is 0 Å². The van der Waals surface area contributed by atoms with Crippen molar-refractivity contribution in [1.29, 1.82) is 0 Å². The second-order valence-corrected chi connectivity index (χ2v) is 6.33. The lowest BCUT2D eigenvalue weighted by molar-refractivity contribution is -0.219. The zero-order valence-electron chi connectivity index (χ0n) is 12.2. The van der Waals surface area contributed by atoms with E-state index in [0.717, 1.165) is 25.7 Å². The van der Waals surface area contributed by atoms with Gasteiger partial charge in [0.1, 0.15) is 18.3 Å². The molecule has 8 nitrogen and oxygen atoms in total. The van der Waals surface area contributed by atoms with E-state index in [1.54, 1.807) is 0 Å². The molecule has 1 aliphatic carbocycles. The summed E-state index contributed by atoms with van der Waals surface area (Å²) < 4.78 is 18.0. The highest BCUT2D eigenvalue weighted by molar-refractivity contribution is 5.96. The Morgan fingerprint density at radius 1 is 1.23 bits per heavy atom. The van der Waals surface area contributed by atoms with E-state index < -0.39 is 30.3 Å². The predicted molar refractivity (Wildman–Crippen MR) is 71.6 cm³/mol. The molecule has 0 aromatic rings. The van der Waals surface area contributed by atoms with Crippen molar-refractivity contribution in [3.05, 3.63) is 0 Å². The van der Waals surface area contributed by atoms with Crippen LogP contribution in [0.2, 0.25) is 0 Å². The van der Waals surface area contributed by atoms with Crippen LogP contribution in [-0.2, 0) is 19.0 Å². The number of urea groups is 1. The van der Waals surface area contributed by atoms with Crippen molar-refractivity contribution in [2.45, 2.75) is 62.4 Å². The van der Waals surface area contributed by atoms with Crippen molar-refractivity contribution in [3.8, 4) is 0 Å². The molecule has 8 heteroatoms. The summed E-state index contributed by atoms with van der Waals surface area (Å²) in [7, 11) is 0. The van der Waals surface area contributed by atoms with Gasteiger partial charge in [0.05, 0.1) is 6.61 Å². The number of rotatable bonds is 2. The van der Waals surface area contributed by atoms with Crippen LogP contribution in [0.1, 0.15) is 32.1 Å². The quantitative estimate of drug-likeness (QED) is 0.726. The molecule has 4 aliphatic rings. The Kier molecular flexibility index (Phi) is 3.37. The van der Waals surface area contributed by atoms with Gasteiger partial charge in [0.15, 0.2) is 12.0 Å². The molecule has 1 saturated carbocycles. The minimum absolute atomic E-state index is 0.189. The van der Waals surface area contributed by atoms with Gasteiger partial charge in [-0.25, -0.2) is 4.79 Å². The van der Waals surface area contributed by atoms with E-state index in [0.29, 0.717) is 0 Å². The molecule has 3 aliphatic heterocycles. The maximum absolute atomic E-state index is 12.0. The Labute approximate surface area is 127 Å². The molecule has 3 heterocycles. The van der Waals surface area contributed by atoms with Crippen molar-refractivity contribution < 1.29 is 28.9 Å². The summed E-state index contributed by atoms with van der Waals surface area (Å²) >= 11 is 0. The summed E-state index contributed by atoms with van der Waals surface area (Å²) in [4.78, 5) is 24.8. The largest absolute Gasteiger partial charge is 0.394 e. The lowest BCUT2D eigenvalue weighted by atomic mass is 10.1. The molecule has 4 rings (SSSR count). The molecule has 2 N–H and O–H groups in total. The number of fused-ring (bicyclic) bond motifs is 1. The van der Waals surface area contributed by atoms with Crippen LogP contribution in [0, 0.1) is 0 Å². The van der Waals surface area contributed by atoms with Crippen LogP contribution in [0.4, 0.5) is 4.79 Å². The summed E-state index contributed by atoms with van der Waals surface area (Å²) in [6, 6.07) is -0.477. The van der Waals surface area contributed by atoms with Gasteiger partial charge in [-0.2, -0.15) is 0 Å². The number of amides is 3. The van der Waals surface area contributed by atoms with Crippen LogP contribution >= 0.6 is 0 Å². The number of hydrogen-bond donors (Lipinski definition) is 2. The molecule has 0 bridgehead atoms. The monoisotopic (exact) mass is 312 g/mol. The van der Waals surface area contributed by atoms with Crippen molar-refractivity contribution in [2.75, 3.05) is 13.2 Å². The van der Waals surface area contributed by atoms with Gasteiger partial charge >= 0.3 is 6.03 Å². The first-order valence-electron chi connectivity index (χ1n) is 7.84. The van der Waals surface area contributed by atoms with Gasteiger partial charge in [-0.1, -0.05) is 0 Å². The third kappa shape index (κ3) is 2.13. The van der Waals surface area contributed by atoms with E-state index in [4.69, 9.17) is 14.2 Å². The molecular weight excluding hydrogens is 292 g/mol. The minimum atomic E-state index is -0.629. The average Bonchev–Trinajstić information content (AvgIpc) is 3.16. The Balaban J connectivity index is 1.56. The highest BCUT2D eigenvalue weighted by atomic mass is 16.8. The molecular formula is C14H20N2O6. The summed E-state index contributed by atoms with van der Waals surface area (Å²) in [6.45, 7) is 0.0958. The highest BCUT2D eigenvalue weighted by Gasteiger charge is 2.60. The molecule has 0 aromatic heterocycles. The van der Waals surface area contributed by atoms with Crippen LogP contribution in [0.5, 0.6) is 0 Å². The molecule has 0 radical (unpaired) electrons. The fourth-order valence-corrected chi connectivity index (χ4v) is 3.87. The third-order valence-corrected chi connectivity index (χ3v) is 4.93. The van der Waals surface area contributed by atoms with Crippen LogP contribution in [0.15, 0.2) is 0 Å².